The number of aromatic amines is 1. The van der Waals surface area contributed by atoms with Crippen LogP contribution in [0.1, 0.15) is 6.92 Å². The van der Waals surface area contributed by atoms with Gasteiger partial charge in [-0.25, -0.2) is 4.79 Å². The minimum absolute atomic E-state index is 0.104. The molecule has 1 heterocycles. The van der Waals surface area contributed by atoms with E-state index in [0.717, 1.165) is 0 Å². The van der Waals surface area contributed by atoms with Crippen molar-refractivity contribution < 1.29 is 9.59 Å². The number of amides is 2. The quantitative estimate of drug-likeness (QED) is 0.684. The largest absolute Gasteiger partial charge is 0.326 e. The summed E-state index contributed by atoms with van der Waals surface area (Å²) in [7, 11) is 0. The molecule has 0 aliphatic rings. The highest BCUT2D eigenvalue weighted by molar-refractivity contribution is 5.93. The smallest absolute Gasteiger partial charge is 0.326 e. The second kappa shape index (κ2) is 6.41. The van der Waals surface area contributed by atoms with Crippen LogP contribution in [0.2, 0.25) is 0 Å². The molecule has 0 atom stereocenters. The van der Waals surface area contributed by atoms with Crippen molar-refractivity contribution in [2.75, 3.05) is 10.6 Å². The van der Waals surface area contributed by atoms with Crippen molar-refractivity contribution in [1.29, 1.82) is 0 Å². The van der Waals surface area contributed by atoms with E-state index >= 15 is 0 Å². The van der Waals surface area contributed by atoms with Crippen molar-refractivity contribution in [3.8, 4) is 0 Å². The third-order valence-electron chi connectivity index (χ3n) is 3.45. The van der Waals surface area contributed by atoms with E-state index < -0.39 is 0 Å². The van der Waals surface area contributed by atoms with Crippen LogP contribution in [0.4, 0.5) is 11.4 Å². The standard InChI is InChI=1S/C17H16N4O3/c1-11(22)18-12-5-4-6-13(9-12)19-16(23)10-21-15-8-3-2-7-14(15)20-17(21)24/h2-9H,10H2,1H3,(H,18,22)(H,19,23)(H,20,24). The highest BCUT2D eigenvalue weighted by Crippen LogP contribution is 2.15. The van der Waals surface area contributed by atoms with E-state index in [1.165, 1.54) is 11.5 Å². The van der Waals surface area contributed by atoms with E-state index in [2.05, 4.69) is 15.6 Å². The van der Waals surface area contributed by atoms with Gasteiger partial charge in [0.05, 0.1) is 11.0 Å². The number of anilines is 2. The van der Waals surface area contributed by atoms with Gasteiger partial charge in [-0.1, -0.05) is 18.2 Å². The first kappa shape index (κ1) is 15.5. The molecule has 1 aromatic heterocycles. The Morgan fingerprint density at radius 3 is 2.50 bits per heavy atom. The lowest BCUT2D eigenvalue weighted by atomic mass is 10.2. The van der Waals surface area contributed by atoms with E-state index in [-0.39, 0.29) is 24.0 Å². The molecule has 0 unspecified atom stereocenters. The SMILES string of the molecule is CC(=O)Nc1cccc(NC(=O)Cn2c(=O)[nH]c3ccccc32)c1. The Kier molecular flexibility index (Phi) is 4.15. The first-order valence-electron chi connectivity index (χ1n) is 7.38. The van der Waals surface area contributed by atoms with Crippen LogP contribution >= 0.6 is 0 Å². The summed E-state index contributed by atoms with van der Waals surface area (Å²) >= 11 is 0. The fourth-order valence-corrected chi connectivity index (χ4v) is 2.49. The maximum Gasteiger partial charge on any atom is 0.326 e. The van der Waals surface area contributed by atoms with Gasteiger partial charge in [0.15, 0.2) is 0 Å². The third-order valence-corrected chi connectivity index (χ3v) is 3.45. The summed E-state index contributed by atoms with van der Waals surface area (Å²) in [5, 5.41) is 5.37. The van der Waals surface area contributed by atoms with Gasteiger partial charge in [-0.3, -0.25) is 14.2 Å². The van der Waals surface area contributed by atoms with Crippen molar-refractivity contribution in [3.63, 3.8) is 0 Å². The van der Waals surface area contributed by atoms with Crippen LogP contribution in [-0.4, -0.2) is 21.4 Å². The monoisotopic (exact) mass is 324 g/mol. The Hall–Kier alpha value is -3.35. The van der Waals surface area contributed by atoms with Crippen LogP contribution in [-0.2, 0) is 16.1 Å². The van der Waals surface area contributed by atoms with Crippen molar-refractivity contribution in [1.82, 2.24) is 9.55 Å². The van der Waals surface area contributed by atoms with Gasteiger partial charge in [-0.15, -0.1) is 0 Å². The number of aromatic nitrogens is 2. The van der Waals surface area contributed by atoms with E-state index in [9.17, 15) is 14.4 Å². The number of rotatable bonds is 4. The molecule has 2 amide bonds. The van der Waals surface area contributed by atoms with Crippen molar-refractivity contribution in [2.45, 2.75) is 13.5 Å². The van der Waals surface area contributed by atoms with E-state index in [1.807, 2.05) is 6.07 Å². The summed E-state index contributed by atoms with van der Waals surface area (Å²) < 4.78 is 1.38. The van der Waals surface area contributed by atoms with Crippen molar-refractivity contribution >= 4 is 34.2 Å². The molecule has 0 aliphatic heterocycles. The number of hydrogen-bond donors (Lipinski definition) is 3. The molecule has 0 bridgehead atoms. The second-order valence-electron chi connectivity index (χ2n) is 5.34. The number of benzene rings is 2. The van der Waals surface area contributed by atoms with E-state index in [0.29, 0.717) is 22.4 Å². The lowest BCUT2D eigenvalue weighted by Crippen LogP contribution is -2.25. The first-order valence-corrected chi connectivity index (χ1v) is 7.38. The number of nitrogens with one attached hydrogen (secondary N) is 3. The van der Waals surface area contributed by atoms with Gasteiger partial charge in [0.2, 0.25) is 11.8 Å². The van der Waals surface area contributed by atoms with Crippen LogP contribution in [0.3, 0.4) is 0 Å². The fraction of sp³-hybridized carbons (Fsp3) is 0.118. The Morgan fingerprint density at radius 1 is 1.04 bits per heavy atom. The summed E-state index contributed by atoms with van der Waals surface area (Å²) in [6, 6.07) is 14.0. The third kappa shape index (κ3) is 3.35. The summed E-state index contributed by atoms with van der Waals surface area (Å²) in [5.74, 6) is -0.523. The zero-order valence-electron chi connectivity index (χ0n) is 13.0. The number of carbonyl (C=O) groups is 2. The zero-order valence-corrected chi connectivity index (χ0v) is 13.0. The van der Waals surface area contributed by atoms with Gasteiger partial charge in [-0.2, -0.15) is 0 Å². The Morgan fingerprint density at radius 2 is 1.75 bits per heavy atom. The number of imidazole rings is 1. The molecular weight excluding hydrogens is 308 g/mol. The lowest BCUT2D eigenvalue weighted by Gasteiger charge is -2.08. The molecule has 0 aliphatic carbocycles. The van der Waals surface area contributed by atoms with Crippen LogP contribution in [0, 0.1) is 0 Å². The molecule has 0 saturated heterocycles. The van der Waals surface area contributed by atoms with Crippen LogP contribution in [0.25, 0.3) is 11.0 Å². The number of fused-ring (bicyclic) bond motifs is 1. The number of nitrogens with zero attached hydrogens (tertiary/aromatic N) is 1. The molecular formula is C17H16N4O3. The Bertz CT molecular complexity index is 971. The van der Waals surface area contributed by atoms with E-state index in [1.54, 1.807) is 42.5 Å². The van der Waals surface area contributed by atoms with Gasteiger partial charge in [0.1, 0.15) is 6.54 Å². The first-order chi connectivity index (χ1) is 11.5. The normalized spacial score (nSPS) is 10.5. The van der Waals surface area contributed by atoms with Crippen molar-refractivity contribution in [2.24, 2.45) is 0 Å². The predicted octanol–water partition coefficient (Wildman–Crippen LogP) is 1.93. The molecule has 7 heteroatoms. The molecule has 3 rings (SSSR count). The molecule has 0 spiro atoms. The van der Waals surface area contributed by atoms with Crippen LogP contribution in [0.5, 0.6) is 0 Å². The maximum absolute atomic E-state index is 12.2. The van der Waals surface area contributed by atoms with Gasteiger partial charge in [0, 0.05) is 18.3 Å². The molecule has 3 N–H and O–H groups in total. The van der Waals surface area contributed by atoms with Gasteiger partial charge < -0.3 is 15.6 Å². The number of H-pyrrole nitrogens is 1. The molecule has 7 nitrogen and oxygen atoms in total. The molecule has 0 radical (unpaired) electrons. The van der Waals surface area contributed by atoms with Gasteiger partial charge in [-0.05, 0) is 30.3 Å². The molecule has 0 saturated carbocycles. The second-order valence-corrected chi connectivity index (χ2v) is 5.34. The Labute approximate surface area is 137 Å². The molecule has 122 valence electrons. The summed E-state index contributed by atoms with van der Waals surface area (Å²) in [6.07, 6.45) is 0. The van der Waals surface area contributed by atoms with E-state index in [4.69, 9.17) is 0 Å². The predicted molar refractivity (Wildman–Crippen MR) is 91.9 cm³/mol. The Balaban J connectivity index is 1.77. The summed E-state index contributed by atoms with van der Waals surface area (Å²) in [6.45, 7) is 1.31. The van der Waals surface area contributed by atoms with Crippen LogP contribution < -0.4 is 16.3 Å². The topological polar surface area (TPSA) is 96.0 Å². The van der Waals surface area contributed by atoms with Gasteiger partial charge >= 0.3 is 5.69 Å². The average molecular weight is 324 g/mol. The number of carbonyl (C=O) groups excluding carboxylic acids is 2. The highest BCUT2D eigenvalue weighted by atomic mass is 16.2. The molecule has 3 aromatic rings. The molecule has 0 fully saturated rings. The fourth-order valence-electron chi connectivity index (χ4n) is 2.49. The number of para-hydroxylation sites is 2. The minimum atomic E-state index is -0.335. The maximum atomic E-state index is 12.2. The number of hydrogen-bond acceptors (Lipinski definition) is 3. The molecule has 2 aromatic carbocycles. The summed E-state index contributed by atoms with van der Waals surface area (Å²) in [4.78, 5) is 38.0. The van der Waals surface area contributed by atoms with Crippen molar-refractivity contribution in [3.05, 3.63) is 59.0 Å². The van der Waals surface area contributed by atoms with Gasteiger partial charge in [0.25, 0.3) is 0 Å². The minimum Gasteiger partial charge on any atom is -0.326 e. The van der Waals surface area contributed by atoms with Crippen LogP contribution in [0.15, 0.2) is 53.3 Å². The highest BCUT2D eigenvalue weighted by Gasteiger charge is 2.10. The molecule has 24 heavy (non-hydrogen) atoms. The zero-order chi connectivity index (χ0) is 17.1. The summed E-state index contributed by atoms with van der Waals surface area (Å²) in [5.41, 5.74) is 2.15. The average Bonchev–Trinajstić information content (AvgIpc) is 2.83. The lowest BCUT2D eigenvalue weighted by molar-refractivity contribution is -0.116.